The summed E-state index contributed by atoms with van der Waals surface area (Å²) in [4.78, 5) is 37.2. The van der Waals surface area contributed by atoms with Crippen LogP contribution in [0.5, 0.6) is 0 Å². The fourth-order valence-electron chi connectivity index (χ4n) is 6.64. The Morgan fingerprint density at radius 2 is 1.84 bits per heavy atom. The maximum atomic E-state index is 13.2. The fraction of sp³-hybridized carbons (Fsp3) is 0.621. The lowest BCUT2D eigenvalue weighted by molar-refractivity contribution is -0.0383. The number of carbonyl (C=O) groups excluding carboxylic acids is 2. The number of hydrogen-bond donors (Lipinski definition) is 0. The molecule has 0 aliphatic carbocycles. The molecule has 8 heteroatoms. The first kappa shape index (κ1) is 26.2. The number of carbonyl (C=O) groups is 2. The van der Waals surface area contributed by atoms with E-state index in [1.807, 2.05) is 52.7 Å². The Kier molecular flexibility index (Phi) is 7.86. The van der Waals surface area contributed by atoms with E-state index in [0.29, 0.717) is 12.6 Å². The van der Waals surface area contributed by atoms with Crippen LogP contribution in [0.4, 0.5) is 4.79 Å². The highest BCUT2D eigenvalue weighted by Crippen LogP contribution is 2.42. The van der Waals surface area contributed by atoms with Gasteiger partial charge in [-0.15, -0.1) is 11.3 Å². The molecule has 2 amide bonds. The minimum absolute atomic E-state index is 0.112. The lowest BCUT2D eigenvalue weighted by atomic mass is 9.81. The number of amides is 2. The maximum Gasteiger partial charge on any atom is 0.411 e. The molecule has 3 aliphatic heterocycles. The first-order chi connectivity index (χ1) is 17.9. The van der Waals surface area contributed by atoms with Gasteiger partial charge in [-0.05, 0) is 44.2 Å². The molecule has 0 bridgehead atoms. The highest BCUT2D eigenvalue weighted by molar-refractivity contribution is 7.07. The van der Waals surface area contributed by atoms with Gasteiger partial charge in [0.15, 0.2) is 0 Å². The molecule has 1 aromatic heterocycles. The van der Waals surface area contributed by atoms with E-state index in [4.69, 9.17) is 4.74 Å². The summed E-state index contributed by atoms with van der Waals surface area (Å²) in [6, 6.07) is 6.66. The molecule has 4 heterocycles. The third-order valence-electron chi connectivity index (χ3n) is 8.76. The molecular formula is C29H40N4O3S. The van der Waals surface area contributed by atoms with Crippen molar-refractivity contribution in [2.75, 3.05) is 26.2 Å². The van der Waals surface area contributed by atoms with Gasteiger partial charge in [0.05, 0.1) is 23.8 Å². The summed E-state index contributed by atoms with van der Waals surface area (Å²) in [5.41, 5.74) is 5.36. The van der Waals surface area contributed by atoms with Crippen LogP contribution in [0.1, 0.15) is 79.0 Å². The summed E-state index contributed by atoms with van der Waals surface area (Å²) in [7, 11) is 0. The lowest BCUT2D eigenvalue weighted by Gasteiger charge is -2.46. The number of likely N-dealkylation sites (tertiary alicyclic amines) is 2. The summed E-state index contributed by atoms with van der Waals surface area (Å²) < 4.78 is 6.20. The molecule has 3 aliphatic rings. The molecule has 1 spiro atoms. The van der Waals surface area contributed by atoms with Crippen molar-refractivity contribution >= 4 is 23.3 Å². The van der Waals surface area contributed by atoms with Crippen molar-refractivity contribution in [3.05, 3.63) is 51.5 Å². The van der Waals surface area contributed by atoms with Gasteiger partial charge in [-0.25, -0.2) is 9.78 Å². The van der Waals surface area contributed by atoms with Crippen molar-refractivity contribution < 1.29 is 14.3 Å². The van der Waals surface area contributed by atoms with Crippen molar-refractivity contribution in [3.8, 4) is 0 Å². The average Bonchev–Trinajstić information content (AvgIpc) is 3.50. The second kappa shape index (κ2) is 11.1. The summed E-state index contributed by atoms with van der Waals surface area (Å²) >= 11 is 1.57. The number of unbranched alkanes of at least 4 members (excludes halogenated alkanes) is 1. The Balaban J connectivity index is 1.19. The van der Waals surface area contributed by atoms with Gasteiger partial charge in [0.2, 0.25) is 0 Å². The number of piperidine rings is 2. The number of thiazole rings is 1. The second-order valence-electron chi connectivity index (χ2n) is 11.0. The van der Waals surface area contributed by atoms with Crippen LogP contribution in [0, 0.1) is 13.8 Å². The number of nitrogens with zero attached hydrogens (tertiary/aromatic N) is 4. The van der Waals surface area contributed by atoms with E-state index in [9.17, 15) is 9.59 Å². The Morgan fingerprint density at radius 1 is 1.14 bits per heavy atom. The van der Waals surface area contributed by atoms with Gasteiger partial charge < -0.3 is 9.64 Å². The fourth-order valence-corrected chi connectivity index (χ4v) is 7.19. The van der Waals surface area contributed by atoms with Gasteiger partial charge in [-0.1, -0.05) is 38.0 Å². The molecule has 3 fully saturated rings. The van der Waals surface area contributed by atoms with Crippen LogP contribution in [-0.2, 0) is 11.3 Å². The van der Waals surface area contributed by atoms with E-state index in [1.165, 1.54) is 0 Å². The third kappa shape index (κ3) is 5.28. The summed E-state index contributed by atoms with van der Waals surface area (Å²) in [5.74, 6) is 0.170. The van der Waals surface area contributed by atoms with E-state index in [2.05, 4.69) is 16.8 Å². The first-order valence-electron chi connectivity index (χ1n) is 13.9. The van der Waals surface area contributed by atoms with Crippen LogP contribution in [-0.4, -0.2) is 75.5 Å². The second-order valence-corrected chi connectivity index (χ2v) is 11.7. The molecule has 0 N–H and O–H groups in total. The summed E-state index contributed by atoms with van der Waals surface area (Å²) in [5, 5.41) is 2.02. The lowest BCUT2D eigenvalue weighted by Crippen LogP contribution is -2.56. The number of rotatable bonds is 7. The molecule has 2 aromatic rings. The summed E-state index contributed by atoms with van der Waals surface area (Å²) in [6.45, 7) is 10.3. The molecule has 7 nitrogen and oxygen atoms in total. The van der Waals surface area contributed by atoms with E-state index in [1.54, 1.807) is 11.3 Å². The van der Waals surface area contributed by atoms with Crippen molar-refractivity contribution in [1.82, 2.24) is 19.7 Å². The average molecular weight is 525 g/mol. The van der Waals surface area contributed by atoms with Gasteiger partial charge in [0.25, 0.3) is 5.91 Å². The third-order valence-corrected chi connectivity index (χ3v) is 9.40. The molecule has 200 valence electrons. The number of aryl methyl sites for hydroxylation is 2. The number of ether oxygens (including phenoxy) is 1. The Labute approximate surface area is 224 Å². The molecule has 5 rings (SSSR count). The van der Waals surface area contributed by atoms with Crippen molar-refractivity contribution in [2.45, 2.75) is 89.9 Å². The topological polar surface area (TPSA) is 66.0 Å². The first-order valence-corrected chi connectivity index (χ1v) is 14.8. The molecule has 0 saturated carbocycles. The van der Waals surface area contributed by atoms with Gasteiger partial charge in [0, 0.05) is 56.0 Å². The standard InChI is InChI=1S/C29H40N4O3S/c1-4-5-9-25-29(36-28(35)33(25)18-23-19-37-20-30-23)12-16-31(17-13-29)24-10-14-32(15-11-24)27(34)26-21(2)7-6-8-22(26)3/h6-8,19-20,24-25H,4-5,9-18H2,1-3H3. The molecule has 37 heavy (non-hydrogen) atoms. The van der Waals surface area contributed by atoms with Crippen LogP contribution in [0.15, 0.2) is 29.1 Å². The molecule has 3 saturated heterocycles. The highest BCUT2D eigenvalue weighted by atomic mass is 32.1. The molecule has 1 aromatic carbocycles. The zero-order valence-electron chi connectivity index (χ0n) is 22.4. The number of benzene rings is 1. The smallest absolute Gasteiger partial charge is 0.411 e. The van der Waals surface area contributed by atoms with Crippen molar-refractivity contribution in [1.29, 1.82) is 0 Å². The van der Waals surface area contributed by atoms with Crippen molar-refractivity contribution in [2.24, 2.45) is 0 Å². The van der Waals surface area contributed by atoms with Gasteiger partial charge >= 0.3 is 6.09 Å². The Morgan fingerprint density at radius 3 is 2.46 bits per heavy atom. The molecule has 1 atom stereocenters. The minimum atomic E-state index is -0.391. The van der Waals surface area contributed by atoms with E-state index < -0.39 is 5.60 Å². The number of hydrogen-bond acceptors (Lipinski definition) is 6. The Hall–Kier alpha value is -2.45. The van der Waals surface area contributed by atoms with Crippen molar-refractivity contribution in [3.63, 3.8) is 0 Å². The maximum absolute atomic E-state index is 13.2. The normalized spacial score (nSPS) is 22.6. The molecule has 1 unspecified atom stereocenters. The Bertz CT molecular complexity index is 1070. The van der Waals surface area contributed by atoms with Crippen LogP contribution in [0.25, 0.3) is 0 Å². The SMILES string of the molecule is CCCCC1N(Cc2cscn2)C(=O)OC12CCN(C1CCN(C(=O)c3c(C)cccc3C)CC1)CC2. The van der Waals surface area contributed by atoms with Gasteiger partial charge in [-0.3, -0.25) is 14.6 Å². The largest absolute Gasteiger partial charge is 0.440 e. The van der Waals surface area contributed by atoms with Crippen LogP contribution >= 0.6 is 11.3 Å². The molecule has 0 radical (unpaired) electrons. The quantitative estimate of drug-likeness (QED) is 0.485. The predicted octanol–water partition coefficient (Wildman–Crippen LogP) is 5.41. The molecular weight excluding hydrogens is 484 g/mol. The summed E-state index contributed by atoms with van der Waals surface area (Å²) in [6.07, 6.45) is 6.75. The van der Waals surface area contributed by atoms with E-state index in [-0.39, 0.29) is 18.0 Å². The monoisotopic (exact) mass is 524 g/mol. The van der Waals surface area contributed by atoms with E-state index in [0.717, 1.165) is 93.5 Å². The van der Waals surface area contributed by atoms with Crippen LogP contribution < -0.4 is 0 Å². The number of aromatic nitrogens is 1. The highest BCUT2D eigenvalue weighted by Gasteiger charge is 2.54. The minimum Gasteiger partial charge on any atom is -0.440 e. The van der Waals surface area contributed by atoms with Gasteiger partial charge in [-0.2, -0.15) is 0 Å². The van der Waals surface area contributed by atoms with Crippen LogP contribution in [0.2, 0.25) is 0 Å². The predicted molar refractivity (Wildman–Crippen MR) is 146 cm³/mol. The zero-order chi connectivity index (χ0) is 26.0. The van der Waals surface area contributed by atoms with Crippen LogP contribution in [0.3, 0.4) is 0 Å². The zero-order valence-corrected chi connectivity index (χ0v) is 23.3. The van der Waals surface area contributed by atoms with Gasteiger partial charge in [0.1, 0.15) is 5.60 Å². The van der Waals surface area contributed by atoms with E-state index >= 15 is 0 Å².